The van der Waals surface area contributed by atoms with E-state index in [9.17, 15) is 0 Å². The lowest BCUT2D eigenvalue weighted by Crippen LogP contribution is -2.48. The Hall–Kier alpha value is -0.0400. The molecule has 1 heteroatoms. The Bertz CT molecular complexity index is 226. The summed E-state index contributed by atoms with van der Waals surface area (Å²) in [6.45, 7) is 16.7. The summed E-state index contributed by atoms with van der Waals surface area (Å²) in [5.74, 6) is 0.781. The Kier molecular flexibility index (Phi) is 4.68. The fraction of sp³-hybridized carbons (Fsp3) is 1.00. The van der Waals surface area contributed by atoms with E-state index in [2.05, 4.69) is 53.8 Å². The van der Waals surface area contributed by atoms with Gasteiger partial charge in [-0.05, 0) is 42.9 Å². The summed E-state index contributed by atoms with van der Waals surface area (Å²) in [6.07, 6.45) is 5.29. The highest BCUT2D eigenvalue weighted by Gasteiger charge is 2.38. The van der Waals surface area contributed by atoms with Gasteiger partial charge in [0.15, 0.2) is 0 Å². The highest BCUT2D eigenvalue weighted by atomic mass is 15.0. The number of rotatable bonds is 4. The van der Waals surface area contributed by atoms with Crippen molar-refractivity contribution in [2.75, 3.05) is 0 Å². The first kappa shape index (κ1) is 15.0. The van der Waals surface area contributed by atoms with Gasteiger partial charge in [0.05, 0.1) is 0 Å². The second-order valence-corrected chi connectivity index (χ2v) is 7.95. The van der Waals surface area contributed by atoms with E-state index in [0.717, 1.165) is 5.92 Å². The minimum Gasteiger partial charge on any atom is -0.311 e. The van der Waals surface area contributed by atoms with Crippen LogP contribution in [0.4, 0.5) is 0 Å². The van der Waals surface area contributed by atoms with E-state index < -0.39 is 0 Å². The van der Waals surface area contributed by atoms with Crippen LogP contribution >= 0.6 is 0 Å². The van der Waals surface area contributed by atoms with Gasteiger partial charge in [-0.15, -0.1) is 0 Å². The van der Waals surface area contributed by atoms with Gasteiger partial charge in [0, 0.05) is 12.1 Å². The highest BCUT2D eigenvalue weighted by Crippen LogP contribution is 2.45. The van der Waals surface area contributed by atoms with E-state index in [-0.39, 0.29) is 0 Å². The van der Waals surface area contributed by atoms with Crippen LogP contribution in [0.3, 0.4) is 0 Å². The molecule has 0 aromatic heterocycles. The SMILES string of the molecule is CCC(C)C(C)NC1CC(C)(C)CC(C)(C)C1. The van der Waals surface area contributed by atoms with Crippen molar-refractivity contribution in [1.82, 2.24) is 5.32 Å². The maximum atomic E-state index is 3.88. The highest BCUT2D eigenvalue weighted by molar-refractivity contribution is 4.93. The van der Waals surface area contributed by atoms with Crippen LogP contribution in [0, 0.1) is 16.7 Å². The third kappa shape index (κ3) is 4.62. The van der Waals surface area contributed by atoms with Crippen molar-refractivity contribution >= 4 is 0 Å². The van der Waals surface area contributed by atoms with Gasteiger partial charge >= 0.3 is 0 Å². The van der Waals surface area contributed by atoms with Crippen LogP contribution in [0.2, 0.25) is 0 Å². The quantitative estimate of drug-likeness (QED) is 0.755. The van der Waals surface area contributed by atoms with Crippen molar-refractivity contribution < 1.29 is 0 Å². The molecule has 1 N–H and O–H groups in total. The van der Waals surface area contributed by atoms with Crippen molar-refractivity contribution in [2.45, 2.75) is 86.2 Å². The molecule has 1 saturated carbocycles. The molecule has 0 spiro atoms. The van der Waals surface area contributed by atoms with Crippen LogP contribution in [0.5, 0.6) is 0 Å². The minimum absolute atomic E-state index is 0.495. The van der Waals surface area contributed by atoms with E-state index in [4.69, 9.17) is 0 Å². The van der Waals surface area contributed by atoms with E-state index in [1.807, 2.05) is 0 Å². The average molecular weight is 239 g/mol. The summed E-state index contributed by atoms with van der Waals surface area (Å²) < 4.78 is 0. The smallest absolute Gasteiger partial charge is 0.00798 e. The Morgan fingerprint density at radius 3 is 1.94 bits per heavy atom. The topological polar surface area (TPSA) is 12.0 Å². The molecule has 0 bridgehead atoms. The van der Waals surface area contributed by atoms with Crippen LogP contribution < -0.4 is 5.32 Å². The zero-order chi connectivity index (χ0) is 13.3. The van der Waals surface area contributed by atoms with Gasteiger partial charge in [0.1, 0.15) is 0 Å². The molecular weight excluding hydrogens is 206 g/mol. The maximum absolute atomic E-state index is 3.88. The summed E-state index contributed by atoms with van der Waals surface area (Å²) in [7, 11) is 0. The third-order valence-corrected chi connectivity index (χ3v) is 4.55. The molecule has 1 nitrogen and oxygen atoms in total. The first-order valence-corrected chi connectivity index (χ1v) is 7.41. The third-order valence-electron chi connectivity index (χ3n) is 4.55. The molecule has 2 atom stereocenters. The second kappa shape index (κ2) is 5.30. The van der Waals surface area contributed by atoms with Crippen LogP contribution in [-0.2, 0) is 0 Å². The zero-order valence-corrected chi connectivity index (χ0v) is 13.1. The van der Waals surface area contributed by atoms with Crippen molar-refractivity contribution in [2.24, 2.45) is 16.7 Å². The molecule has 2 unspecified atom stereocenters. The molecule has 0 heterocycles. The lowest BCUT2D eigenvalue weighted by Gasteiger charge is -2.46. The van der Waals surface area contributed by atoms with Crippen molar-refractivity contribution in [3.8, 4) is 0 Å². The summed E-state index contributed by atoms with van der Waals surface area (Å²) in [4.78, 5) is 0. The van der Waals surface area contributed by atoms with Gasteiger partial charge in [-0.25, -0.2) is 0 Å². The lowest BCUT2D eigenvalue weighted by atomic mass is 9.63. The van der Waals surface area contributed by atoms with Crippen molar-refractivity contribution in [3.63, 3.8) is 0 Å². The fourth-order valence-electron chi connectivity index (χ4n) is 3.85. The van der Waals surface area contributed by atoms with Crippen molar-refractivity contribution in [3.05, 3.63) is 0 Å². The molecule has 1 aliphatic rings. The van der Waals surface area contributed by atoms with Crippen LogP contribution in [-0.4, -0.2) is 12.1 Å². The average Bonchev–Trinajstić information content (AvgIpc) is 2.11. The van der Waals surface area contributed by atoms with E-state index in [0.29, 0.717) is 22.9 Å². The van der Waals surface area contributed by atoms with Crippen molar-refractivity contribution in [1.29, 1.82) is 0 Å². The van der Waals surface area contributed by atoms with Crippen LogP contribution in [0.15, 0.2) is 0 Å². The van der Waals surface area contributed by atoms with E-state index in [1.54, 1.807) is 0 Å². The first-order chi connectivity index (χ1) is 7.65. The lowest BCUT2D eigenvalue weighted by molar-refractivity contribution is 0.0777. The Labute approximate surface area is 109 Å². The first-order valence-electron chi connectivity index (χ1n) is 7.41. The zero-order valence-electron chi connectivity index (χ0n) is 13.1. The van der Waals surface area contributed by atoms with Gasteiger partial charge in [-0.2, -0.15) is 0 Å². The van der Waals surface area contributed by atoms with E-state index >= 15 is 0 Å². The van der Waals surface area contributed by atoms with Gasteiger partial charge in [0.2, 0.25) is 0 Å². The summed E-state index contributed by atoms with van der Waals surface area (Å²) in [6, 6.07) is 1.35. The number of hydrogen-bond acceptors (Lipinski definition) is 1. The molecule has 1 rings (SSSR count). The summed E-state index contributed by atoms with van der Waals surface area (Å²) in [5.41, 5.74) is 0.989. The molecule has 0 amide bonds. The molecular formula is C16H33N. The minimum atomic E-state index is 0.495. The Morgan fingerprint density at radius 2 is 1.53 bits per heavy atom. The van der Waals surface area contributed by atoms with Gasteiger partial charge in [-0.3, -0.25) is 0 Å². The summed E-state index contributed by atoms with van der Waals surface area (Å²) >= 11 is 0. The predicted octanol–water partition coefficient (Wildman–Crippen LogP) is 4.62. The normalized spacial score (nSPS) is 27.7. The van der Waals surface area contributed by atoms with Gasteiger partial charge in [-0.1, -0.05) is 48.0 Å². The Balaban J connectivity index is 2.59. The molecule has 0 aliphatic heterocycles. The predicted molar refractivity (Wildman–Crippen MR) is 77.3 cm³/mol. The van der Waals surface area contributed by atoms with Crippen LogP contribution in [0.25, 0.3) is 0 Å². The molecule has 0 saturated heterocycles. The van der Waals surface area contributed by atoms with E-state index in [1.165, 1.54) is 25.7 Å². The molecule has 1 aliphatic carbocycles. The largest absolute Gasteiger partial charge is 0.311 e. The molecule has 1 fully saturated rings. The molecule has 0 radical (unpaired) electrons. The number of nitrogens with one attached hydrogen (secondary N) is 1. The second-order valence-electron chi connectivity index (χ2n) is 7.95. The standard InChI is InChI=1S/C16H33N/c1-8-12(2)13(3)17-14-9-15(4,5)11-16(6,7)10-14/h12-14,17H,8-11H2,1-7H3. The monoisotopic (exact) mass is 239 g/mol. The maximum Gasteiger partial charge on any atom is 0.00798 e. The van der Waals surface area contributed by atoms with Crippen LogP contribution in [0.1, 0.15) is 74.1 Å². The van der Waals surface area contributed by atoms with Gasteiger partial charge in [0.25, 0.3) is 0 Å². The molecule has 102 valence electrons. The summed E-state index contributed by atoms with van der Waals surface area (Å²) in [5, 5.41) is 3.88. The molecule has 0 aromatic rings. The fourth-order valence-corrected chi connectivity index (χ4v) is 3.85. The molecule has 17 heavy (non-hydrogen) atoms. The number of hydrogen-bond donors (Lipinski definition) is 1. The van der Waals surface area contributed by atoms with Gasteiger partial charge < -0.3 is 5.32 Å². The Morgan fingerprint density at radius 1 is 1.06 bits per heavy atom. The molecule has 0 aromatic carbocycles.